The van der Waals surface area contributed by atoms with Crippen LogP contribution in [0.2, 0.25) is 0 Å². The van der Waals surface area contributed by atoms with Crippen LogP contribution in [0.4, 0.5) is 0 Å². The lowest BCUT2D eigenvalue weighted by atomic mass is 10.0. The first-order chi connectivity index (χ1) is 3.92. The van der Waals surface area contributed by atoms with Gasteiger partial charge in [0.15, 0.2) is 0 Å². The summed E-state index contributed by atoms with van der Waals surface area (Å²) in [6.07, 6.45) is 1.03. The monoisotopic (exact) mass is 148 g/mol. The Morgan fingerprint density at radius 2 is 1.90 bits per heavy atom. The molecule has 0 atom stereocenters. The van der Waals surface area contributed by atoms with Crippen LogP contribution in [-0.2, 0) is 4.79 Å². The molecule has 0 rings (SSSR count). The summed E-state index contributed by atoms with van der Waals surface area (Å²) >= 11 is 0. The molecule has 62 valence electrons. The molecule has 0 aliphatic rings. The lowest BCUT2D eigenvalue weighted by Crippen LogP contribution is -2.19. The van der Waals surface area contributed by atoms with Gasteiger partial charge in [-0.1, -0.05) is 0 Å². The van der Waals surface area contributed by atoms with E-state index in [2.05, 4.69) is 0 Å². The molecule has 0 aliphatic heterocycles. The smallest absolute Gasteiger partial charge is 0.129 e. The van der Waals surface area contributed by atoms with Crippen molar-refractivity contribution in [3.05, 3.63) is 0 Å². The molecule has 0 spiro atoms. The molecule has 0 aromatic rings. The van der Waals surface area contributed by atoms with Crippen molar-refractivity contribution in [1.82, 2.24) is 0 Å². The molecule has 0 aromatic carbocycles. The van der Waals surface area contributed by atoms with E-state index < -0.39 is 5.60 Å². The van der Waals surface area contributed by atoms with Crippen LogP contribution in [0, 0.1) is 0 Å². The van der Waals surface area contributed by atoms with Gasteiger partial charge in [-0.15, -0.1) is 0 Å². The third-order valence-corrected chi connectivity index (χ3v) is 1.09. The molecule has 0 fully saturated rings. The third kappa shape index (κ3) is 10.5. The molecule has 10 heavy (non-hydrogen) atoms. The Bertz CT molecular complexity index is 102. The summed E-state index contributed by atoms with van der Waals surface area (Å²) < 4.78 is 0. The van der Waals surface area contributed by atoms with E-state index in [4.69, 9.17) is 5.11 Å². The van der Waals surface area contributed by atoms with Crippen LogP contribution in [0.15, 0.2) is 0 Å². The van der Waals surface area contributed by atoms with E-state index in [1.807, 2.05) is 0 Å². The normalized spacial score (nSPS) is 10.4. The number of hydrogen-bond acceptors (Lipinski definition) is 2. The number of aliphatic hydroxyl groups is 1. The van der Waals surface area contributed by atoms with Gasteiger partial charge in [0.05, 0.1) is 5.60 Å². The topological polar surface area (TPSA) is 68.8 Å². The number of carbonyl (C=O) groups excluding carboxylic acids is 1. The summed E-state index contributed by atoms with van der Waals surface area (Å²) in [5.41, 5.74) is -0.689. The fourth-order valence-electron chi connectivity index (χ4n) is 0.482. The van der Waals surface area contributed by atoms with Crippen molar-refractivity contribution < 1.29 is 15.4 Å². The zero-order valence-corrected chi connectivity index (χ0v) is 6.77. The Kier molecular flexibility index (Phi) is 5.42. The lowest BCUT2D eigenvalue weighted by molar-refractivity contribution is -0.118. The average molecular weight is 148 g/mol. The number of Topliss-reactive ketones (excluding diaryl/α,β-unsaturated/α-hetero) is 1. The minimum Gasteiger partial charge on any atom is -0.412 e. The maximum atomic E-state index is 10.4. The zero-order valence-electron chi connectivity index (χ0n) is 6.77. The van der Waals surface area contributed by atoms with Gasteiger partial charge in [-0.25, -0.2) is 0 Å². The van der Waals surface area contributed by atoms with E-state index >= 15 is 0 Å². The summed E-state index contributed by atoms with van der Waals surface area (Å²) in [4.78, 5) is 10.4. The summed E-state index contributed by atoms with van der Waals surface area (Å²) in [7, 11) is 0. The zero-order chi connectivity index (χ0) is 7.49. The molecule has 0 saturated carbocycles. The third-order valence-electron chi connectivity index (χ3n) is 1.09. The molecular weight excluding hydrogens is 132 g/mol. The number of ketones is 1. The van der Waals surface area contributed by atoms with E-state index in [0.717, 1.165) is 0 Å². The highest BCUT2D eigenvalue weighted by atomic mass is 16.3. The van der Waals surface area contributed by atoms with Crippen LogP contribution in [-0.4, -0.2) is 22.0 Å². The summed E-state index contributed by atoms with van der Waals surface area (Å²) in [6, 6.07) is 0. The molecule has 0 saturated heterocycles. The van der Waals surface area contributed by atoms with Crippen molar-refractivity contribution >= 4 is 5.78 Å². The quantitative estimate of drug-likeness (QED) is 0.625. The van der Waals surface area contributed by atoms with E-state index in [9.17, 15) is 4.79 Å². The van der Waals surface area contributed by atoms with Gasteiger partial charge >= 0.3 is 0 Å². The predicted octanol–water partition coefficient (Wildman–Crippen LogP) is 0.302. The second-order valence-electron chi connectivity index (χ2n) is 3.01. The van der Waals surface area contributed by atoms with E-state index in [-0.39, 0.29) is 11.3 Å². The lowest BCUT2D eigenvalue weighted by Gasteiger charge is -2.14. The second-order valence-corrected chi connectivity index (χ2v) is 3.01. The molecule has 0 bridgehead atoms. The minimum atomic E-state index is -0.689. The summed E-state index contributed by atoms with van der Waals surface area (Å²) in [5, 5.41) is 9.11. The number of carbonyl (C=O) groups is 1. The molecule has 0 aromatic heterocycles. The van der Waals surface area contributed by atoms with Gasteiger partial charge in [0.2, 0.25) is 0 Å². The predicted molar refractivity (Wildman–Crippen MR) is 39.8 cm³/mol. The summed E-state index contributed by atoms with van der Waals surface area (Å²) in [5.74, 6) is 0.136. The van der Waals surface area contributed by atoms with E-state index in [1.54, 1.807) is 13.8 Å². The van der Waals surface area contributed by atoms with Gasteiger partial charge in [0, 0.05) is 6.42 Å². The Balaban J connectivity index is 0. The molecule has 3 heteroatoms. The molecule has 0 heterocycles. The van der Waals surface area contributed by atoms with Crippen molar-refractivity contribution in [2.45, 2.75) is 39.2 Å². The van der Waals surface area contributed by atoms with Crippen molar-refractivity contribution in [3.8, 4) is 0 Å². The first-order valence-electron chi connectivity index (χ1n) is 3.13. The molecule has 0 aliphatic carbocycles. The summed E-state index contributed by atoms with van der Waals surface area (Å²) in [6.45, 7) is 4.94. The minimum absolute atomic E-state index is 0. The number of rotatable bonds is 3. The molecule has 0 radical (unpaired) electrons. The fraction of sp³-hybridized carbons (Fsp3) is 0.857. The molecule has 3 nitrogen and oxygen atoms in total. The Morgan fingerprint density at radius 3 is 2.00 bits per heavy atom. The first kappa shape index (κ1) is 12.3. The molecular formula is C7H16O3. The number of hydrogen-bond donors (Lipinski definition) is 1. The Morgan fingerprint density at radius 1 is 1.50 bits per heavy atom. The first-order valence-corrected chi connectivity index (χ1v) is 3.13. The maximum absolute atomic E-state index is 10.4. The van der Waals surface area contributed by atoms with Crippen molar-refractivity contribution in [2.24, 2.45) is 0 Å². The molecule has 3 N–H and O–H groups in total. The maximum Gasteiger partial charge on any atom is 0.129 e. The van der Waals surface area contributed by atoms with E-state index in [0.29, 0.717) is 12.8 Å². The highest BCUT2D eigenvalue weighted by molar-refractivity contribution is 5.75. The molecule has 0 unspecified atom stereocenters. The van der Waals surface area contributed by atoms with Gasteiger partial charge in [-0.05, 0) is 27.2 Å². The van der Waals surface area contributed by atoms with Crippen LogP contribution >= 0.6 is 0 Å². The van der Waals surface area contributed by atoms with Crippen molar-refractivity contribution in [3.63, 3.8) is 0 Å². The van der Waals surface area contributed by atoms with Crippen LogP contribution in [0.1, 0.15) is 33.6 Å². The average Bonchev–Trinajstić information content (AvgIpc) is 1.59. The van der Waals surface area contributed by atoms with Crippen molar-refractivity contribution in [2.75, 3.05) is 0 Å². The fourth-order valence-corrected chi connectivity index (χ4v) is 0.482. The molecule has 0 amide bonds. The van der Waals surface area contributed by atoms with Crippen LogP contribution in [0.25, 0.3) is 0 Å². The van der Waals surface area contributed by atoms with Crippen LogP contribution in [0.5, 0.6) is 0 Å². The largest absolute Gasteiger partial charge is 0.412 e. The Hall–Kier alpha value is -0.410. The highest BCUT2D eigenvalue weighted by Crippen LogP contribution is 2.09. The van der Waals surface area contributed by atoms with Gasteiger partial charge in [0.1, 0.15) is 5.78 Å². The van der Waals surface area contributed by atoms with Gasteiger partial charge in [-0.2, -0.15) is 0 Å². The van der Waals surface area contributed by atoms with Crippen molar-refractivity contribution in [1.29, 1.82) is 0 Å². The van der Waals surface area contributed by atoms with Gasteiger partial charge in [0.25, 0.3) is 0 Å². The second kappa shape index (κ2) is 4.41. The highest BCUT2D eigenvalue weighted by Gasteiger charge is 2.12. The van der Waals surface area contributed by atoms with Gasteiger partial charge in [-0.3, -0.25) is 0 Å². The SMILES string of the molecule is CC(=O)CCC(C)(C)O.O. The van der Waals surface area contributed by atoms with Crippen LogP contribution in [0.3, 0.4) is 0 Å². The van der Waals surface area contributed by atoms with E-state index in [1.165, 1.54) is 6.92 Å². The van der Waals surface area contributed by atoms with Crippen LogP contribution < -0.4 is 0 Å². The standard InChI is InChI=1S/C7H14O2.H2O/c1-6(8)4-5-7(2,3)9;/h9H,4-5H2,1-3H3;1H2. The van der Waals surface area contributed by atoms with Gasteiger partial charge < -0.3 is 15.4 Å². The Labute approximate surface area is 61.4 Å².